The van der Waals surface area contributed by atoms with E-state index in [9.17, 15) is 15.0 Å². The van der Waals surface area contributed by atoms with E-state index in [1.54, 1.807) is 0 Å². The van der Waals surface area contributed by atoms with Gasteiger partial charge in [0, 0.05) is 12.5 Å². The summed E-state index contributed by atoms with van der Waals surface area (Å²) in [4.78, 5) is 12.6. The summed E-state index contributed by atoms with van der Waals surface area (Å²) in [6.45, 7) is 2.52. The van der Waals surface area contributed by atoms with Crippen LogP contribution >= 0.6 is 0 Å². The highest BCUT2D eigenvalue weighted by atomic mass is 16.6. The van der Waals surface area contributed by atoms with Crippen LogP contribution in [0.5, 0.6) is 0 Å². The molecule has 4 atom stereocenters. The van der Waals surface area contributed by atoms with E-state index in [1.165, 1.54) is 0 Å². The van der Waals surface area contributed by atoms with Gasteiger partial charge in [-0.1, -0.05) is 0 Å². The molecule has 1 amide bonds. The molecule has 0 bridgehead atoms. The molecule has 1 heterocycles. The van der Waals surface area contributed by atoms with E-state index < -0.39 is 12.4 Å². The minimum absolute atomic E-state index is 0.0861. The van der Waals surface area contributed by atoms with Crippen LogP contribution in [0.25, 0.3) is 0 Å². The van der Waals surface area contributed by atoms with Crippen LogP contribution in [0, 0.1) is 0 Å². The van der Waals surface area contributed by atoms with Crippen LogP contribution in [0.2, 0.25) is 0 Å². The zero-order valence-electron chi connectivity index (χ0n) is 10.4. The molecule has 0 radical (unpaired) electrons. The van der Waals surface area contributed by atoms with Gasteiger partial charge in [-0.15, -0.1) is 0 Å². The summed E-state index contributed by atoms with van der Waals surface area (Å²) in [7, 11) is 1.86. The quantitative estimate of drug-likeness (QED) is 0.580. The van der Waals surface area contributed by atoms with Crippen LogP contribution in [0.3, 0.4) is 0 Å². The SMILES string of the molecule is C[C@@H]1C[C@H](N(C)CCCC(N)=O)[C@@H](O)C(O)O1. The standard InChI is InChI=1S/C11H22N2O4/c1-7-6-8(10(15)11(16)17-7)13(2)5-3-4-9(12)14/h7-8,10-11,15-16H,3-6H2,1-2H3,(H2,12,14)/t7-,8+,10-,11?/m1/s1. The number of amides is 1. The van der Waals surface area contributed by atoms with Crippen LogP contribution in [0.1, 0.15) is 26.2 Å². The van der Waals surface area contributed by atoms with E-state index in [1.807, 2.05) is 18.9 Å². The van der Waals surface area contributed by atoms with Gasteiger partial charge in [0.1, 0.15) is 6.10 Å². The fraction of sp³-hybridized carbons (Fsp3) is 0.909. The summed E-state index contributed by atoms with van der Waals surface area (Å²) in [6, 6.07) is -0.151. The van der Waals surface area contributed by atoms with Crippen molar-refractivity contribution in [2.45, 2.75) is 50.7 Å². The maximum Gasteiger partial charge on any atom is 0.217 e. The molecule has 0 saturated carbocycles. The number of nitrogens with zero attached hydrogens (tertiary/aromatic N) is 1. The topological polar surface area (TPSA) is 96.0 Å². The van der Waals surface area contributed by atoms with Crippen LogP contribution in [0.4, 0.5) is 0 Å². The molecule has 6 heteroatoms. The van der Waals surface area contributed by atoms with Crippen molar-refractivity contribution in [3.05, 3.63) is 0 Å². The van der Waals surface area contributed by atoms with Gasteiger partial charge in [0.15, 0.2) is 6.29 Å². The highest BCUT2D eigenvalue weighted by Crippen LogP contribution is 2.22. The molecule has 100 valence electrons. The van der Waals surface area contributed by atoms with Crippen molar-refractivity contribution in [3.63, 3.8) is 0 Å². The van der Waals surface area contributed by atoms with E-state index >= 15 is 0 Å². The third-order valence-electron chi connectivity index (χ3n) is 3.13. The summed E-state index contributed by atoms with van der Waals surface area (Å²) in [5.74, 6) is -0.320. The Balaban J connectivity index is 2.43. The van der Waals surface area contributed by atoms with Gasteiger partial charge >= 0.3 is 0 Å². The first-order chi connectivity index (χ1) is 7.91. The molecule has 0 aromatic heterocycles. The summed E-state index contributed by atoms with van der Waals surface area (Å²) in [5, 5.41) is 19.3. The van der Waals surface area contributed by atoms with Gasteiger partial charge in [0.2, 0.25) is 5.91 Å². The second-order valence-electron chi connectivity index (χ2n) is 4.68. The van der Waals surface area contributed by atoms with E-state index in [2.05, 4.69) is 0 Å². The number of carbonyl (C=O) groups excluding carboxylic acids is 1. The molecule has 1 rings (SSSR count). The first-order valence-corrected chi connectivity index (χ1v) is 5.92. The smallest absolute Gasteiger partial charge is 0.217 e. The molecule has 17 heavy (non-hydrogen) atoms. The third kappa shape index (κ3) is 4.23. The number of aliphatic hydroxyl groups is 2. The molecule has 0 aromatic carbocycles. The number of primary amides is 1. The molecular weight excluding hydrogens is 224 g/mol. The Hall–Kier alpha value is -0.690. The molecule has 1 aliphatic heterocycles. The monoisotopic (exact) mass is 246 g/mol. The number of aliphatic hydroxyl groups excluding tert-OH is 2. The maximum absolute atomic E-state index is 10.6. The zero-order chi connectivity index (χ0) is 13.0. The van der Waals surface area contributed by atoms with Gasteiger partial charge in [-0.05, 0) is 33.4 Å². The highest BCUT2D eigenvalue weighted by molar-refractivity contribution is 5.73. The summed E-state index contributed by atoms with van der Waals surface area (Å²) >= 11 is 0. The summed E-state index contributed by atoms with van der Waals surface area (Å²) in [6.07, 6.45) is -0.489. The van der Waals surface area contributed by atoms with Crippen LogP contribution in [0.15, 0.2) is 0 Å². The first-order valence-electron chi connectivity index (χ1n) is 5.92. The largest absolute Gasteiger partial charge is 0.386 e. The Morgan fingerprint density at radius 1 is 1.53 bits per heavy atom. The Labute approximate surface area is 101 Å². The lowest BCUT2D eigenvalue weighted by Gasteiger charge is -2.40. The fourth-order valence-electron chi connectivity index (χ4n) is 2.15. The molecule has 1 saturated heterocycles. The molecular formula is C11H22N2O4. The predicted molar refractivity (Wildman–Crippen MR) is 62.0 cm³/mol. The lowest BCUT2D eigenvalue weighted by molar-refractivity contribution is -0.231. The summed E-state index contributed by atoms with van der Waals surface area (Å²) < 4.78 is 5.13. The van der Waals surface area contributed by atoms with Gasteiger partial charge in [-0.3, -0.25) is 4.79 Å². The molecule has 1 aliphatic rings. The van der Waals surface area contributed by atoms with E-state index in [0.29, 0.717) is 25.8 Å². The van der Waals surface area contributed by atoms with Crippen molar-refractivity contribution in [2.75, 3.05) is 13.6 Å². The highest BCUT2D eigenvalue weighted by Gasteiger charge is 2.36. The number of carbonyl (C=O) groups is 1. The van der Waals surface area contributed by atoms with E-state index in [-0.39, 0.29) is 18.1 Å². The molecule has 4 N–H and O–H groups in total. The van der Waals surface area contributed by atoms with Crippen molar-refractivity contribution in [2.24, 2.45) is 5.73 Å². The number of ether oxygens (including phenoxy) is 1. The second kappa shape index (κ2) is 6.30. The number of likely N-dealkylation sites (N-methyl/N-ethyl adjacent to an activating group) is 1. The van der Waals surface area contributed by atoms with Gasteiger partial charge < -0.3 is 25.6 Å². The number of nitrogens with two attached hydrogens (primary N) is 1. The van der Waals surface area contributed by atoms with Crippen LogP contribution in [-0.4, -0.2) is 59.2 Å². The lowest BCUT2D eigenvalue weighted by atomic mass is 9.99. The van der Waals surface area contributed by atoms with Crippen molar-refractivity contribution in [3.8, 4) is 0 Å². The van der Waals surface area contributed by atoms with Crippen molar-refractivity contribution in [1.29, 1.82) is 0 Å². The molecule has 1 fully saturated rings. The van der Waals surface area contributed by atoms with Gasteiger partial charge in [0.05, 0.1) is 6.10 Å². The number of hydrogen-bond donors (Lipinski definition) is 3. The zero-order valence-corrected chi connectivity index (χ0v) is 10.4. The Morgan fingerprint density at radius 2 is 2.18 bits per heavy atom. The van der Waals surface area contributed by atoms with E-state index in [4.69, 9.17) is 10.5 Å². The van der Waals surface area contributed by atoms with Gasteiger partial charge in [-0.2, -0.15) is 0 Å². The molecule has 0 spiro atoms. The van der Waals surface area contributed by atoms with Gasteiger partial charge in [0.25, 0.3) is 0 Å². The second-order valence-corrected chi connectivity index (χ2v) is 4.68. The lowest BCUT2D eigenvalue weighted by Crippen LogP contribution is -2.54. The maximum atomic E-state index is 10.6. The summed E-state index contributed by atoms with van der Waals surface area (Å²) in [5.41, 5.74) is 5.06. The molecule has 0 aliphatic carbocycles. The molecule has 6 nitrogen and oxygen atoms in total. The van der Waals surface area contributed by atoms with Crippen molar-refractivity contribution in [1.82, 2.24) is 4.90 Å². The predicted octanol–water partition coefficient (Wildman–Crippen LogP) is -0.960. The van der Waals surface area contributed by atoms with Crippen molar-refractivity contribution < 1.29 is 19.7 Å². The average Bonchev–Trinajstić information content (AvgIpc) is 2.22. The number of rotatable bonds is 5. The van der Waals surface area contributed by atoms with Crippen LogP contribution < -0.4 is 5.73 Å². The Kier molecular flexibility index (Phi) is 5.32. The Morgan fingerprint density at radius 3 is 2.76 bits per heavy atom. The molecule has 0 aromatic rings. The fourth-order valence-corrected chi connectivity index (χ4v) is 2.15. The molecule has 1 unspecified atom stereocenters. The van der Waals surface area contributed by atoms with Crippen LogP contribution in [-0.2, 0) is 9.53 Å². The Bertz CT molecular complexity index is 262. The third-order valence-corrected chi connectivity index (χ3v) is 3.13. The van der Waals surface area contributed by atoms with Crippen molar-refractivity contribution >= 4 is 5.91 Å². The minimum atomic E-state index is -1.14. The minimum Gasteiger partial charge on any atom is -0.386 e. The average molecular weight is 246 g/mol. The van der Waals surface area contributed by atoms with Gasteiger partial charge in [-0.25, -0.2) is 0 Å². The first kappa shape index (κ1) is 14.4. The van der Waals surface area contributed by atoms with E-state index in [0.717, 1.165) is 0 Å². The number of hydrogen-bond acceptors (Lipinski definition) is 5. The normalized spacial score (nSPS) is 33.9.